The topological polar surface area (TPSA) is 59.2 Å². The van der Waals surface area contributed by atoms with Crippen molar-refractivity contribution in [2.24, 2.45) is 0 Å². The van der Waals surface area contributed by atoms with E-state index in [-0.39, 0.29) is 5.25 Å². The third kappa shape index (κ3) is 3.56. The van der Waals surface area contributed by atoms with E-state index >= 15 is 0 Å². The van der Waals surface area contributed by atoms with Gasteiger partial charge in [0.2, 0.25) is 5.89 Å². The molecule has 0 aliphatic rings. The van der Waals surface area contributed by atoms with Gasteiger partial charge in [-0.25, -0.2) is 0 Å². The lowest BCUT2D eigenvalue weighted by Gasteiger charge is -2.20. The number of aromatic hydroxyl groups is 1. The van der Waals surface area contributed by atoms with Crippen molar-refractivity contribution in [3.05, 3.63) is 76.9 Å². The summed E-state index contributed by atoms with van der Waals surface area (Å²) >= 11 is 1.67. The molecule has 2 aromatic carbocycles. The SMILES string of the molecule is Cc1noc(CSC(c2ccccc2C)c2ccccc2O)n1. The van der Waals surface area contributed by atoms with E-state index in [1.165, 1.54) is 11.1 Å². The van der Waals surface area contributed by atoms with Gasteiger partial charge in [0.25, 0.3) is 0 Å². The molecule has 0 radical (unpaired) electrons. The summed E-state index contributed by atoms with van der Waals surface area (Å²) in [7, 11) is 0. The van der Waals surface area contributed by atoms with Crippen LogP contribution < -0.4 is 0 Å². The minimum atomic E-state index is 0.00426. The number of aromatic nitrogens is 2. The second kappa shape index (κ2) is 6.87. The minimum absolute atomic E-state index is 0.00426. The van der Waals surface area contributed by atoms with E-state index in [9.17, 15) is 5.11 Å². The van der Waals surface area contributed by atoms with Crippen molar-refractivity contribution in [3.63, 3.8) is 0 Å². The second-order valence-electron chi connectivity index (χ2n) is 5.34. The molecular weight excluding hydrogens is 308 g/mol. The highest BCUT2D eigenvalue weighted by Gasteiger charge is 2.20. The number of phenols is 1. The number of rotatable bonds is 5. The van der Waals surface area contributed by atoms with E-state index in [1.54, 1.807) is 24.8 Å². The first kappa shape index (κ1) is 15.6. The summed E-state index contributed by atoms with van der Waals surface area (Å²) in [5.41, 5.74) is 3.26. The molecular formula is C18H18N2O2S. The Hall–Kier alpha value is -2.27. The lowest BCUT2D eigenvalue weighted by atomic mass is 9.99. The maximum atomic E-state index is 10.3. The standard InChI is InChI=1S/C18H18N2O2S/c1-12-7-3-4-8-14(12)18(15-9-5-6-10-16(15)21)23-11-17-19-13(2)20-22-17/h3-10,18,21H,11H2,1-2H3. The molecule has 1 unspecified atom stereocenters. The highest BCUT2D eigenvalue weighted by molar-refractivity contribution is 7.98. The van der Waals surface area contributed by atoms with Crippen LogP contribution in [0.15, 0.2) is 53.1 Å². The van der Waals surface area contributed by atoms with Gasteiger partial charge in [-0.2, -0.15) is 4.98 Å². The van der Waals surface area contributed by atoms with Crippen LogP contribution in [-0.4, -0.2) is 15.2 Å². The highest BCUT2D eigenvalue weighted by atomic mass is 32.2. The van der Waals surface area contributed by atoms with Gasteiger partial charge in [0.1, 0.15) is 5.75 Å². The molecule has 3 aromatic rings. The van der Waals surface area contributed by atoms with E-state index in [2.05, 4.69) is 29.2 Å². The number of benzene rings is 2. The molecule has 4 nitrogen and oxygen atoms in total. The first-order valence-corrected chi connectivity index (χ1v) is 8.44. The van der Waals surface area contributed by atoms with E-state index in [0.29, 0.717) is 23.2 Å². The third-order valence-corrected chi connectivity index (χ3v) is 4.89. The molecule has 0 aliphatic heterocycles. The summed E-state index contributed by atoms with van der Waals surface area (Å²) in [5, 5.41) is 14.1. The van der Waals surface area contributed by atoms with Crippen molar-refractivity contribution < 1.29 is 9.63 Å². The number of hydrogen-bond donors (Lipinski definition) is 1. The molecule has 23 heavy (non-hydrogen) atoms. The number of nitrogens with zero attached hydrogens (tertiary/aromatic N) is 2. The maximum absolute atomic E-state index is 10.3. The molecule has 0 saturated heterocycles. The zero-order valence-corrected chi connectivity index (χ0v) is 13.9. The molecule has 0 amide bonds. The maximum Gasteiger partial charge on any atom is 0.236 e. The molecule has 3 rings (SSSR count). The fraction of sp³-hybridized carbons (Fsp3) is 0.222. The first-order chi connectivity index (χ1) is 11.1. The van der Waals surface area contributed by atoms with Gasteiger partial charge in [0, 0.05) is 5.56 Å². The summed E-state index contributed by atoms with van der Waals surface area (Å²) in [6, 6.07) is 15.7. The van der Waals surface area contributed by atoms with Crippen molar-refractivity contribution in [3.8, 4) is 5.75 Å². The monoisotopic (exact) mass is 326 g/mol. The molecule has 0 aliphatic carbocycles. The molecule has 1 atom stereocenters. The molecule has 5 heteroatoms. The van der Waals surface area contributed by atoms with Crippen LogP contribution in [0.25, 0.3) is 0 Å². The molecule has 1 aromatic heterocycles. The lowest BCUT2D eigenvalue weighted by molar-refractivity contribution is 0.387. The van der Waals surface area contributed by atoms with Crippen LogP contribution in [0.1, 0.15) is 33.7 Å². The fourth-order valence-corrected chi connectivity index (χ4v) is 3.74. The Balaban J connectivity index is 1.93. The first-order valence-electron chi connectivity index (χ1n) is 7.39. The number of aryl methyl sites for hydroxylation is 2. The van der Waals surface area contributed by atoms with E-state index in [4.69, 9.17) is 4.52 Å². The van der Waals surface area contributed by atoms with Gasteiger partial charge >= 0.3 is 0 Å². The van der Waals surface area contributed by atoms with Crippen LogP contribution in [0.4, 0.5) is 0 Å². The van der Waals surface area contributed by atoms with Crippen LogP contribution in [0.3, 0.4) is 0 Å². The minimum Gasteiger partial charge on any atom is -0.508 e. The molecule has 0 spiro atoms. The summed E-state index contributed by atoms with van der Waals surface area (Å²) in [6.07, 6.45) is 0. The fourth-order valence-electron chi connectivity index (χ4n) is 2.49. The second-order valence-corrected chi connectivity index (χ2v) is 6.44. The lowest BCUT2D eigenvalue weighted by Crippen LogP contribution is -2.01. The van der Waals surface area contributed by atoms with Crippen molar-refractivity contribution >= 4 is 11.8 Å². The molecule has 1 heterocycles. The summed E-state index contributed by atoms with van der Waals surface area (Å²) in [6.45, 7) is 3.89. The van der Waals surface area contributed by atoms with Gasteiger partial charge in [-0.1, -0.05) is 47.6 Å². The number of phenolic OH excluding ortho intramolecular Hbond substituents is 1. The Labute approximate surface area is 139 Å². The van der Waals surface area contributed by atoms with E-state index in [0.717, 1.165) is 5.56 Å². The van der Waals surface area contributed by atoms with Crippen LogP contribution in [0, 0.1) is 13.8 Å². The normalized spacial score (nSPS) is 12.3. The van der Waals surface area contributed by atoms with Gasteiger partial charge in [0.05, 0.1) is 11.0 Å². The van der Waals surface area contributed by atoms with Crippen LogP contribution in [-0.2, 0) is 5.75 Å². The molecule has 0 fully saturated rings. The Kier molecular flexibility index (Phi) is 4.67. The number of para-hydroxylation sites is 1. The Morgan fingerprint density at radius 3 is 2.39 bits per heavy atom. The van der Waals surface area contributed by atoms with Gasteiger partial charge in [-0.05, 0) is 31.0 Å². The molecule has 0 saturated carbocycles. The van der Waals surface area contributed by atoms with Crippen molar-refractivity contribution in [2.75, 3.05) is 0 Å². The quantitative estimate of drug-likeness (QED) is 0.752. The Morgan fingerprint density at radius 2 is 1.74 bits per heavy atom. The predicted octanol–water partition coefficient (Wildman–Crippen LogP) is 4.41. The number of thioether (sulfide) groups is 1. The summed E-state index contributed by atoms with van der Waals surface area (Å²) in [4.78, 5) is 4.25. The van der Waals surface area contributed by atoms with Gasteiger partial charge in [-0.3, -0.25) is 0 Å². The average molecular weight is 326 g/mol. The van der Waals surface area contributed by atoms with Crippen molar-refractivity contribution in [2.45, 2.75) is 24.9 Å². The van der Waals surface area contributed by atoms with Crippen LogP contribution in [0.2, 0.25) is 0 Å². The summed E-state index contributed by atoms with van der Waals surface area (Å²) < 4.78 is 5.20. The van der Waals surface area contributed by atoms with Crippen LogP contribution in [0.5, 0.6) is 5.75 Å². The van der Waals surface area contributed by atoms with E-state index in [1.807, 2.05) is 30.3 Å². The average Bonchev–Trinajstić information content (AvgIpc) is 2.96. The Bertz CT molecular complexity index is 755. The summed E-state index contributed by atoms with van der Waals surface area (Å²) in [5.74, 6) is 2.13. The molecule has 1 N–H and O–H groups in total. The van der Waals surface area contributed by atoms with Crippen LogP contribution >= 0.6 is 11.8 Å². The smallest absolute Gasteiger partial charge is 0.236 e. The van der Waals surface area contributed by atoms with Gasteiger partial charge in [0.15, 0.2) is 5.82 Å². The zero-order chi connectivity index (χ0) is 16.2. The van der Waals surface area contributed by atoms with E-state index < -0.39 is 0 Å². The predicted molar refractivity (Wildman–Crippen MR) is 91.5 cm³/mol. The van der Waals surface area contributed by atoms with Crippen molar-refractivity contribution in [1.29, 1.82) is 0 Å². The Morgan fingerprint density at radius 1 is 1.04 bits per heavy atom. The molecule has 118 valence electrons. The highest BCUT2D eigenvalue weighted by Crippen LogP contribution is 2.42. The third-order valence-electron chi connectivity index (χ3n) is 3.63. The van der Waals surface area contributed by atoms with Gasteiger partial charge in [-0.15, -0.1) is 11.8 Å². The van der Waals surface area contributed by atoms with Crippen molar-refractivity contribution in [1.82, 2.24) is 10.1 Å². The zero-order valence-electron chi connectivity index (χ0n) is 13.1. The van der Waals surface area contributed by atoms with Gasteiger partial charge < -0.3 is 9.63 Å². The molecule has 0 bridgehead atoms. The number of hydrogen-bond acceptors (Lipinski definition) is 5. The largest absolute Gasteiger partial charge is 0.508 e.